The topological polar surface area (TPSA) is 61.8 Å². The maximum Gasteiger partial charge on any atom is 0.317 e. The van der Waals surface area contributed by atoms with Crippen molar-refractivity contribution in [2.45, 2.75) is 31.4 Å². The summed E-state index contributed by atoms with van der Waals surface area (Å²) in [5.41, 5.74) is 0.734. The number of carbonyl (C=O) groups excluding carboxylic acids is 1. The number of likely N-dealkylation sites (tertiary alicyclic amines) is 1. The molecule has 2 aliphatic rings. The highest BCUT2D eigenvalue weighted by molar-refractivity contribution is 5.74. The highest BCUT2D eigenvalue weighted by atomic mass is 19.1. The van der Waals surface area contributed by atoms with Gasteiger partial charge in [-0.2, -0.15) is 0 Å². The molecule has 2 heterocycles. The van der Waals surface area contributed by atoms with Gasteiger partial charge >= 0.3 is 6.03 Å². The number of carbonyl (C=O) groups is 1. The molecular weight excluding hydrogens is 299 g/mol. The van der Waals surface area contributed by atoms with Crippen molar-refractivity contribution in [3.8, 4) is 0 Å². The summed E-state index contributed by atoms with van der Waals surface area (Å²) in [7, 11) is 0. The van der Waals surface area contributed by atoms with Gasteiger partial charge in [0.2, 0.25) is 0 Å². The lowest BCUT2D eigenvalue weighted by Crippen LogP contribution is -2.48. The second-order valence-electron chi connectivity index (χ2n) is 6.33. The average Bonchev–Trinajstić information content (AvgIpc) is 3.08. The number of amides is 2. The third-order valence-electron chi connectivity index (χ3n) is 4.74. The molecule has 0 aliphatic carbocycles. The molecule has 6 heteroatoms. The lowest BCUT2D eigenvalue weighted by atomic mass is 9.87. The van der Waals surface area contributed by atoms with E-state index >= 15 is 0 Å². The van der Waals surface area contributed by atoms with E-state index in [1.54, 1.807) is 17.0 Å². The highest BCUT2D eigenvalue weighted by Gasteiger charge is 2.29. The number of benzene rings is 1. The van der Waals surface area contributed by atoms with Gasteiger partial charge in [-0.1, -0.05) is 12.1 Å². The van der Waals surface area contributed by atoms with E-state index in [4.69, 9.17) is 4.74 Å². The third kappa shape index (κ3) is 4.00. The second kappa shape index (κ2) is 7.27. The number of aliphatic hydroxyl groups excluding tert-OH is 1. The first-order valence-corrected chi connectivity index (χ1v) is 8.20. The maximum atomic E-state index is 13.0. The van der Waals surface area contributed by atoms with Gasteiger partial charge in [0.05, 0.1) is 18.8 Å². The van der Waals surface area contributed by atoms with Crippen LogP contribution in [0.5, 0.6) is 0 Å². The van der Waals surface area contributed by atoms with Crippen molar-refractivity contribution < 1.29 is 19.0 Å². The van der Waals surface area contributed by atoms with Crippen LogP contribution in [0.25, 0.3) is 0 Å². The number of hydrogen-bond donors (Lipinski definition) is 2. The Hall–Kier alpha value is -1.66. The van der Waals surface area contributed by atoms with Crippen LogP contribution in [0.1, 0.15) is 30.9 Å². The Morgan fingerprint density at radius 2 is 1.96 bits per heavy atom. The summed E-state index contributed by atoms with van der Waals surface area (Å²) < 4.78 is 18.2. The zero-order chi connectivity index (χ0) is 16.2. The predicted octanol–water partition coefficient (Wildman–Crippen LogP) is 2.07. The summed E-state index contributed by atoms with van der Waals surface area (Å²) in [6.07, 6.45) is 1.75. The summed E-state index contributed by atoms with van der Waals surface area (Å²) in [5.74, 6) is -0.206. The molecule has 2 amide bonds. The van der Waals surface area contributed by atoms with E-state index in [9.17, 15) is 14.3 Å². The van der Waals surface area contributed by atoms with Gasteiger partial charge in [0.25, 0.3) is 0 Å². The van der Waals surface area contributed by atoms with Crippen LogP contribution in [-0.2, 0) is 4.74 Å². The van der Waals surface area contributed by atoms with Gasteiger partial charge in [-0.3, -0.25) is 0 Å². The fourth-order valence-electron chi connectivity index (χ4n) is 3.26. The van der Waals surface area contributed by atoms with Crippen molar-refractivity contribution in [2.75, 3.05) is 26.3 Å². The van der Waals surface area contributed by atoms with E-state index in [2.05, 4.69) is 5.32 Å². The van der Waals surface area contributed by atoms with Crippen molar-refractivity contribution in [3.05, 3.63) is 35.6 Å². The SMILES string of the molecule is O=C(NC1CCOC1)N1CCC(C(O)c2ccc(F)cc2)CC1. The van der Waals surface area contributed by atoms with Crippen molar-refractivity contribution in [3.63, 3.8) is 0 Å². The lowest BCUT2D eigenvalue weighted by Gasteiger charge is -2.34. The Morgan fingerprint density at radius 3 is 2.57 bits per heavy atom. The molecule has 2 saturated heterocycles. The van der Waals surface area contributed by atoms with E-state index in [0.29, 0.717) is 26.3 Å². The van der Waals surface area contributed by atoms with Gasteiger partial charge in [0.1, 0.15) is 5.82 Å². The van der Waals surface area contributed by atoms with Crippen LogP contribution >= 0.6 is 0 Å². The van der Waals surface area contributed by atoms with Crippen LogP contribution in [0.3, 0.4) is 0 Å². The van der Waals surface area contributed by atoms with Crippen molar-refractivity contribution in [1.82, 2.24) is 10.2 Å². The predicted molar refractivity (Wildman–Crippen MR) is 83.4 cm³/mol. The summed E-state index contributed by atoms with van der Waals surface area (Å²) in [5, 5.41) is 13.4. The van der Waals surface area contributed by atoms with Crippen LogP contribution in [-0.4, -0.2) is 48.4 Å². The average molecular weight is 322 g/mol. The number of ether oxygens (including phenoxy) is 1. The molecule has 5 nitrogen and oxygen atoms in total. The van der Waals surface area contributed by atoms with Gasteiger partial charge in [-0.15, -0.1) is 0 Å². The van der Waals surface area contributed by atoms with Crippen LogP contribution < -0.4 is 5.32 Å². The summed E-state index contributed by atoms with van der Waals surface area (Å²) >= 11 is 0. The number of nitrogens with one attached hydrogen (secondary N) is 1. The fourth-order valence-corrected chi connectivity index (χ4v) is 3.26. The third-order valence-corrected chi connectivity index (χ3v) is 4.74. The molecule has 1 aromatic carbocycles. The zero-order valence-corrected chi connectivity index (χ0v) is 13.1. The molecule has 126 valence electrons. The van der Waals surface area contributed by atoms with Gasteiger partial charge in [0.15, 0.2) is 0 Å². The first-order chi connectivity index (χ1) is 11.1. The minimum atomic E-state index is -0.607. The Bertz CT molecular complexity index is 523. The van der Waals surface area contributed by atoms with Gasteiger partial charge in [-0.25, -0.2) is 9.18 Å². The Morgan fingerprint density at radius 1 is 1.26 bits per heavy atom. The molecule has 3 rings (SSSR count). The summed E-state index contributed by atoms with van der Waals surface area (Å²) in [6.45, 7) is 2.55. The van der Waals surface area contributed by atoms with E-state index < -0.39 is 6.10 Å². The molecule has 0 saturated carbocycles. The minimum absolute atomic E-state index is 0.0461. The largest absolute Gasteiger partial charge is 0.388 e. The minimum Gasteiger partial charge on any atom is -0.388 e. The van der Waals surface area contributed by atoms with Crippen molar-refractivity contribution in [1.29, 1.82) is 0 Å². The first kappa shape index (κ1) is 16.2. The standard InChI is InChI=1S/C17H23FN2O3/c18-14-3-1-12(2-4-14)16(21)13-5-8-20(9-6-13)17(22)19-15-7-10-23-11-15/h1-4,13,15-16,21H,5-11H2,(H,19,22). The number of piperidine rings is 1. The molecule has 2 fully saturated rings. The van der Waals surface area contributed by atoms with Crippen LogP contribution in [0, 0.1) is 11.7 Å². The van der Waals surface area contributed by atoms with Gasteiger partial charge < -0.3 is 20.1 Å². The van der Waals surface area contributed by atoms with Gasteiger partial charge in [-0.05, 0) is 42.9 Å². The molecule has 0 spiro atoms. The molecule has 0 radical (unpaired) electrons. The monoisotopic (exact) mass is 322 g/mol. The number of urea groups is 1. The van der Waals surface area contributed by atoms with E-state index in [1.165, 1.54) is 12.1 Å². The Kier molecular flexibility index (Phi) is 5.13. The molecule has 2 atom stereocenters. The normalized spacial score (nSPS) is 23.7. The highest BCUT2D eigenvalue weighted by Crippen LogP contribution is 2.30. The maximum absolute atomic E-state index is 13.0. The zero-order valence-electron chi connectivity index (χ0n) is 13.1. The van der Waals surface area contributed by atoms with Crippen molar-refractivity contribution in [2.24, 2.45) is 5.92 Å². The van der Waals surface area contributed by atoms with E-state index in [-0.39, 0.29) is 23.8 Å². The summed E-state index contributed by atoms with van der Waals surface area (Å²) in [6, 6.07) is 6.05. The molecular formula is C17H23FN2O3. The van der Waals surface area contributed by atoms with E-state index in [1.807, 2.05) is 0 Å². The quantitative estimate of drug-likeness (QED) is 0.895. The molecule has 0 bridgehead atoms. The first-order valence-electron chi connectivity index (χ1n) is 8.20. The van der Waals surface area contributed by atoms with Crippen LogP contribution in [0.2, 0.25) is 0 Å². The molecule has 2 N–H and O–H groups in total. The molecule has 2 aliphatic heterocycles. The summed E-state index contributed by atoms with van der Waals surface area (Å²) in [4.78, 5) is 14.0. The van der Waals surface area contributed by atoms with Crippen LogP contribution in [0.4, 0.5) is 9.18 Å². The van der Waals surface area contributed by atoms with Crippen molar-refractivity contribution >= 4 is 6.03 Å². The van der Waals surface area contributed by atoms with Gasteiger partial charge in [0, 0.05) is 19.7 Å². The molecule has 23 heavy (non-hydrogen) atoms. The lowest BCUT2D eigenvalue weighted by molar-refractivity contribution is 0.0659. The fraction of sp³-hybridized carbons (Fsp3) is 0.588. The van der Waals surface area contributed by atoms with E-state index in [0.717, 1.165) is 24.8 Å². The number of rotatable bonds is 3. The smallest absolute Gasteiger partial charge is 0.317 e. The number of aliphatic hydroxyl groups is 1. The second-order valence-corrected chi connectivity index (χ2v) is 6.33. The molecule has 1 aromatic rings. The Balaban J connectivity index is 1.49. The number of nitrogens with zero attached hydrogens (tertiary/aromatic N) is 1. The van der Waals surface area contributed by atoms with Crippen LogP contribution in [0.15, 0.2) is 24.3 Å². The Labute approximate surface area is 135 Å². The molecule has 0 aromatic heterocycles. The number of halogens is 1. The molecule has 2 unspecified atom stereocenters. The number of hydrogen-bond acceptors (Lipinski definition) is 3.